The summed E-state index contributed by atoms with van der Waals surface area (Å²) in [6.45, 7) is -2.95. The molecule has 0 aromatic heterocycles. The first kappa shape index (κ1) is 19.2. The fraction of sp³-hybridized carbons (Fsp3) is 0.211. The molecular formula is C19H18F2O5. The van der Waals surface area contributed by atoms with E-state index in [4.69, 9.17) is 14.2 Å². The third-order valence-corrected chi connectivity index (χ3v) is 3.51. The molecule has 2 aromatic carbocycles. The Morgan fingerprint density at radius 3 is 2.27 bits per heavy atom. The molecule has 0 heterocycles. The quantitative estimate of drug-likeness (QED) is 0.519. The van der Waals surface area contributed by atoms with Crippen molar-refractivity contribution in [1.82, 2.24) is 0 Å². The molecule has 138 valence electrons. The topological polar surface area (TPSA) is 54.0 Å². The summed E-state index contributed by atoms with van der Waals surface area (Å²) in [6, 6.07) is 9.25. The van der Waals surface area contributed by atoms with Gasteiger partial charge in [0.05, 0.1) is 26.9 Å². The van der Waals surface area contributed by atoms with E-state index in [9.17, 15) is 13.6 Å². The number of carbonyl (C=O) groups excluding carboxylic acids is 1. The molecule has 0 aliphatic heterocycles. The van der Waals surface area contributed by atoms with Crippen LogP contribution >= 0.6 is 0 Å². The van der Waals surface area contributed by atoms with Gasteiger partial charge in [-0.1, -0.05) is 12.1 Å². The molecule has 0 aliphatic rings. The molecule has 2 aromatic rings. The highest BCUT2D eigenvalue weighted by molar-refractivity contribution is 6.08. The number of ether oxygens (including phenoxy) is 4. The lowest BCUT2D eigenvalue weighted by molar-refractivity contribution is -0.0512. The van der Waals surface area contributed by atoms with Gasteiger partial charge in [-0.3, -0.25) is 4.79 Å². The minimum Gasteiger partial charge on any atom is -0.497 e. The molecule has 2 rings (SSSR count). The smallest absolute Gasteiger partial charge is 0.387 e. The molecule has 0 bridgehead atoms. The van der Waals surface area contributed by atoms with Crippen molar-refractivity contribution in [3.63, 3.8) is 0 Å². The number of halogens is 2. The summed E-state index contributed by atoms with van der Waals surface area (Å²) in [5.74, 6) is 0.736. The zero-order chi connectivity index (χ0) is 19.1. The van der Waals surface area contributed by atoms with Crippen LogP contribution in [0.3, 0.4) is 0 Å². The Labute approximate surface area is 149 Å². The molecule has 0 radical (unpaired) electrons. The molecule has 0 unspecified atom stereocenters. The standard InChI is InChI=1S/C19H18F2O5/c1-23-13-6-7-14(17(11-13)24-2)15(22)8-4-12-5-9-16(26-19(20)21)18(10-12)25-3/h4-11,19H,1-3H3. The van der Waals surface area contributed by atoms with E-state index in [2.05, 4.69) is 4.74 Å². The van der Waals surface area contributed by atoms with Crippen LogP contribution in [-0.4, -0.2) is 33.7 Å². The number of ketones is 1. The second-order valence-corrected chi connectivity index (χ2v) is 5.05. The molecule has 0 spiro atoms. The average molecular weight is 364 g/mol. The van der Waals surface area contributed by atoms with Crippen LogP contribution < -0.4 is 18.9 Å². The Kier molecular flexibility index (Phi) is 6.54. The Hall–Kier alpha value is -3.09. The molecule has 0 N–H and O–H groups in total. The van der Waals surface area contributed by atoms with E-state index in [1.54, 1.807) is 24.3 Å². The highest BCUT2D eigenvalue weighted by Crippen LogP contribution is 2.30. The first-order valence-electron chi connectivity index (χ1n) is 7.55. The lowest BCUT2D eigenvalue weighted by atomic mass is 10.1. The van der Waals surface area contributed by atoms with Crippen molar-refractivity contribution in [1.29, 1.82) is 0 Å². The van der Waals surface area contributed by atoms with Crippen LogP contribution in [0.25, 0.3) is 6.08 Å². The van der Waals surface area contributed by atoms with E-state index in [0.29, 0.717) is 22.6 Å². The number of rotatable bonds is 8. The van der Waals surface area contributed by atoms with Crippen molar-refractivity contribution in [3.8, 4) is 23.0 Å². The van der Waals surface area contributed by atoms with Crippen molar-refractivity contribution in [3.05, 3.63) is 53.6 Å². The first-order chi connectivity index (χ1) is 12.5. The molecule has 0 saturated heterocycles. The molecule has 0 atom stereocenters. The molecular weight excluding hydrogens is 346 g/mol. The number of hydrogen-bond acceptors (Lipinski definition) is 5. The zero-order valence-electron chi connectivity index (χ0n) is 14.5. The van der Waals surface area contributed by atoms with E-state index in [-0.39, 0.29) is 17.3 Å². The summed E-state index contributed by atoms with van der Waals surface area (Å²) in [7, 11) is 4.32. The third-order valence-electron chi connectivity index (χ3n) is 3.51. The highest BCUT2D eigenvalue weighted by atomic mass is 19.3. The summed E-state index contributed by atoms with van der Waals surface area (Å²) in [5, 5.41) is 0. The maximum Gasteiger partial charge on any atom is 0.387 e. The SMILES string of the molecule is COc1ccc(C(=O)C=Cc2ccc(OC(F)F)c(OC)c2)c(OC)c1. The van der Waals surface area contributed by atoms with Crippen molar-refractivity contribution in [2.75, 3.05) is 21.3 Å². The van der Waals surface area contributed by atoms with Crippen LogP contribution in [0.15, 0.2) is 42.5 Å². The van der Waals surface area contributed by atoms with Crippen molar-refractivity contribution in [2.24, 2.45) is 0 Å². The van der Waals surface area contributed by atoms with Crippen LogP contribution in [0.4, 0.5) is 8.78 Å². The average Bonchev–Trinajstić information content (AvgIpc) is 2.65. The van der Waals surface area contributed by atoms with Gasteiger partial charge in [0.25, 0.3) is 0 Å². The lowest BCUT2D eigenvalue weighted by Crippen LogP contribution is -2.03. The molecule has 0 fully saturated rings. The molecule has 7 heteroatoms. The van der Waals surface area contributed by atoms with Crippen LogP contribution in [0.1, 0.15) is 15.9 Å². The van der Waals surface area contributed by atoms with E-state index in [0.717, 1.165) is 0 Å². The van der Waals surface area contributed by atoms with Gasteiger partial charge in [0.2, 0.25) is 0 Å². The zero-order valence-corrected chi connectivity index (χ0v) is 14.5. The van der Waals surface area contributed by atoms with Gasteiger partial charge in [0, 0.05) is 6.07 Å². The summed E-state index contributed by atoms with van der Waals surface area (Å²) in [4.78, 5) is 12.4. The minimum atomic E-state index is -2.95. The summed E-state index contributed by atoms with van der Waals surface area (Å²) in [6.07, 6.45) is 2.90. The van der Waals surface area contributed by atoms with E-state index in [1.165, 1.54) is 45.6 Å². The highest BCUT2D eigenvalue weighted by Gasteiger charge is 2.12. The van der Waals surface area contributed by atoms with Crippen molar-refractivity contribution < 1.29 is 32.5 Å². The second-order valence-electron chi connectivity index (χ2n) is 5.05. The summed E-state index contributed by atoms with van der Waals surface area (Å²) < 4.78 is 44.4. The predicted octanol–water partition coefficient (Wildman–Crippen LogP) is 4.21. The monoisotopic (exact) mass is 364 g/mol. The number of carbonyl (C=O) groups is 1. The fourth-order valence-electron chi connectivity index (χ4n) is 2.24. The van der Waals surface area contributed by atoms with Crippen molar-refractivity contribution >= 4 is 11.9 Å². The predicted molar refractivity (Wildman–Crippen MR) is 92.5 cm³/mol. The lowest BCUT2D eigenvalue weighted by Gasteiger charge is -2.10. The van der Waals surface area contributed by atoms with Crippen LogP contribution in [0, 0.1) is 0 Å². The van der Waals surface area contributed by atoms with Crippen molar-refractivity contribution in [2.45, 2.75) is 6.61 Å². The molecule has 0 aliphatic carbocycles. The first-order valence-corrected chi connectivity index (χ1v) is 7.55. The van der Waals surface area contributed by atoms with Gasteiger partial charge >= 0.3 is 6.61 Å². The Bertz CT molecular complexity index is 803. The second kappa shape index (κ2) is 8.84. The van der Waals surface area contributed by atoms with E-state index < -0.39 is 6.61 Å². The number of alkyl halides is 2. The summed E-state index contributed by atoms with van der Waals surface area (Å²) >= 11 is 0. The number of methoxy groups -OCH3 is 3. The van der Waals surface area contributed by atoms with Gasteiger partial charge in [-0.25, -0.2) is 0 Å². The largest absolute Gasteiger partial charge is 0.497 e. The molecule has 26 heavy (non-hydrogen) atoms. The van der Waals surface area contributed by atoms with Crippen LogP contribution in [0.5, 0.6) is 23.0 Å². The Morgan fingerprint density at radius 1 is 0.923 bits per heavy atom. The maximum absolute atomic E-state index is 12.4. The van der Waals surface area contributed by atoms with Gasteiger partial charge in [0.1, 0.15) is 11.5 Å². The Morgan fingerprint density at radius 2 is 1.65 bits per heavy atom. The normalized spacial score (nSPS) is 10.8. The fourth-order valence-corrected chi connectivity index (χ4v) is 2.24. The third kappa shape index (κ3) is 4.72. The molecule has 0 amide bonds. The van der Waals surface area contributed by atoms with Crippen LogP contribution in [-0.2, 0) is 0 Å². The minimum absolute atomic E-state index is 0.0807. The van der Waals surface area contributed by atoms with Gasteiger partial charge in [-0.15, -0.1) is 0 Å². The van der Waals surface area contributed by atoms with E-state index >= 15 is 0 Å². The molecule has 5 nitrogen and oxygen atoms in total. The van der Waals surface area contributed by atoms with Gasteiger partial charge in [-0.05, 0) is 35.9 Å². The number of benzene rings is 2. The maximum atomic E-state index is 12.4. The Balaban J connectivity index is 2.22. The van der Waals surface area contributed by atoms with Gasteiger partial charge in [0.15, 0.2) is 17.3 Å². The summed E-state index contributed by atoms with van der Waals surface area (Å²) in [5.41, 5.74) is 0.957. The number of allylic oxidation sites excluding steroid dienone is 1. The van der Waals surface area contributed by atoms with Gasteiger partial charge < -0.3 is 18.9 Å². The van der Waals surface area contributed by atoms with Gasteiger partial charge in [-0.2, -0.15) is 8.78 Å². The number of hydrogen-bond donors (Lipinski definition) is 0. The molecule has 0 saturated carbocycles. The van der Waals surface area contributed by atoms with E-state index in [1.807, 2.05) is 0 Å². The van der Waals surface area contributed by atoms with Crippen LogP contribution in [0.2, 0.25) is 0 Å².